The van der Waals surface area contributed by atoms with E-state index in [2.05, 4.69) is 52.8 Å². The van der Waals surface area contributed by atoms with Gasteiger partial charge in [0, 0.05) is 11.8 Å². The normalized spacial score (nSPS) is 52.7. The van der Waals surface area contributed by atoms with Gasteiger partial charge in [0.15, 0.2) is 0 Å². The predicted octanol–water partition coefficient (Wildman–Crippen LogP) is 9.14. The zero-order valence-electron chi connectivity index (χ0n) is 28.0. The Morgan fingerprint density at radius 3 is 1.60 bits per heavy atom. The number of allylic oxidation sites excluding steroid dienone is 4. The molecule has 6 fully saturated rings. The molecule has 43 heavy (non-hydrogen) atoms. The number of hydrogen-bond donors (Lipinski definition) is 2. The van der Waals surface area contributed by atoms with Gasteiger partial charge in [-0.15, -0.1) is 0 Å². The van der Waals surface area contributed by atoms with E-state index < -0.39 is 0 Å². The van der Waals surface area contributed by atoms with Crippen LogP contribution in [0.4, 0.5) is 0 Å². The highest BCUT2D eigenvalue weighted by Crippen LogP contribution is 2.66. The fraction of sp³-hybridized carbons (Fsp3) is 0.825. The minimum absolute atomic E-state index is 0.0168. The fourth-order valence-corrected chi connectivity index (χ4v) is 13.4. The number of aliphatic hydroxyl groups excluding tert-OH is 2. The van der Waals surface area contributed by atoms with Gasteiger partial charge in [-0.25, -0.2) is 0 Å². The van der Waals surface area contributed by atoms with Crippen molar-refractivity contribution in [2.45, 2.75) is 150 Å². The fourth-order valence-electron chi connectivity index (χ4n) is 13.4. The maximum absolute atomic E-state index is 12.4. The summed E-state index contributed by atoms with van der Waals surface area (Å²) in [7, 11) is 0. The molecule has 0 amide bonds. The summed E-state index contributed by atoms with van der Waals surface area (Å²) in [5.41, 5.74) is 6.03. The molecular formula is C40H60O3. The summed E-state index contributed by atoms with van der Waals surface area (Å²) >= 11 is 0. The van der Waals surface area contributed by atoms with Gasteiger partial charge in [0.25, 0.3) is 0 Å². The lowest BCUT2D eigenvalue weighted by Crippen LogP contribution is -2.50. The Labute approximate surface area is 262 Å². The van der Waals surface area contributed by atoms with E-state index in [1.165, 1.54) is 50.5 Å². The zero-order chi connectivity index (χ0) is 30.4. The van der Waals surface area contributed by atoms with Gasteiger partial charge in [0.2, 0.25) is 0 Å². The van der Waals surface area contributed by atoms with E-state index in [4.69, 9.17) is 0 Å². The first kappa shape index (κ1) is 30.5. The maximum Gasteiger partial charge on any atom is 0.139 e. The molecule has 6 saturated carbocycles. The van der Waals surface area contributed by atoms with E-state index in [1.54, 1.807) is 11.1 Å². The Bertz CT molecular complexity index is 1230. The second kappa shape index (κ2) is 10.7. The predicted molar refractivity (Wildman–Crippen MR) is 174 cm³/mol. The lowest BCUT2D eigenvalue weighted by molar-refractivity contribution is -0.132. The van der Waals surface area contributed by atoms with Crippen LogP contribution in [0.5, 0.6) is 0 Å². The number of Topliss-reactive ketones (excluding diaryl/α,β-unsaturated/α-hetero) is 1. The van der Waals surface area contributed by atoms with Crippen molar-refractivity contribution in [2.75, 3.05) is 0 Å². The Balaban J connectivity index is 0.000000140. The van der Waals surface area contributed by atoms with Crippen molar-refractivity contribution in [2.24, 2.45) is 57.2 Å². The number of fused-ring (bicyclic) bond motifs is 10. The average molecular weight is 589 g/mol. The summed E-state index contributed by atoms with van der Waals surface area (Å²) in [4.78, 5) is 12.4. The van der Waals surface area contributed by atoms with E-state index >= 15 is 0 Å². The molecule has 0 aromatic carbocycles. The summed E-state index contributed by atoms with van der Waals surface area (Å²) in [6.07, 6.45) is 25.6. The third-order valence-electron chi connectivity index (χ3n) is 16.1. The van der Waals surface area contributed by atoms with Crippen LogP contribution in [0.3, 0.4) is 0 Å². The second-order valence-electron chi connectivity index (χ2n) is 17.5. The van der Waals surface area contributed by atoms with Crippen molar-refractivity contribution in [3.05, 3.63) is 34.9 Å². The zero-order valence-corrected chi connectivity index (χ0v) is 28.0. The minimum atomic E-state index is -0.122. The van der Waals surface area contributed by atoms with Crippen LogP contribution < -0.4 is 0 Å². The lowest BCUT2D eigenvalue weighted by atomic mass is 9.48. The molecule has 0 saturated heterocycles. The van der Waals surface area contributed by atoms with Crippen LogP contribution >= 0.6 is 0 Å². The van der Waals surface area contributed by atoms with Gasteiger partial charge in [-0.3, -0.25) is 4.79 Å². The van der Waals surface area contributed by atoms with Gasteiger partial charge in [-0.1, -0.05) is 62.6 Å². The van der Waals surface area contributed by atoms with Crippen molar-refractivity contribution >= 4 is 5.78 Å². The molecule has 3 heteroatoms. The maximum atomic E-state index is 12.4. The highest BCUT2D eigenvalue weighted by Gasteiger charge is 2.59. The summed E-state index contributed by atoms with van der Waals surface area (Å²) in [5.74, 6) is 5.26. The number of hydrogen-bond acceptors (Lipinski definition) is 3. The van der Waals surface area contributed by atoms with Gasteiger partial charge in [-0.2, -0.15) is 0 Å². The standard InChI is InChI=1S/C21H32O.C19H28O2/c1-4-14-6-8-18-17-7-5-15-13-16(22)9-11-21(15,3)19(17)10-12-20(14,18)2;1-18-9-7-13(20)11-12(18)3-4-14-15-5-6-17(21)19(15,2)10-8-16(14)18/h4-5,16-19,22H,6-13H2,1-3H3;3,13-16,20H,4-11H2,1-2H3/b14-4+;/t16-,17?,18?,19?,20+,21-;13-,14?,15?,16?,18-,19-/m00/s1. The van der Waals surface area contributed by atoms with E-state index in [0.29, 0.717) is 33.9 Å². The smallest absolute Gasteiger partial charge is 0.139 e. The van der Waals surface area contributed by atoms with Gasteiger partial charge in [-0.05, 0) is 155 Å². The first-order valence-corrected chi connectivity index (χ1v) is 18.4. The largest absolute Gasteiger partial charge is 0.393 e. The third-order valence-corrected chi connectivity index (χ3v) is 16.1. The molecule has 0 heterocycles. The number of ketones is 1. The Morgan fingerprint density at radius 1 is 0.628 bits per heavy atom. The average Bonchev–Trinajstić information content (AvgIpc) is 3.49. The summed E-state index contributed by atoms with van der Waals surface area (Å²) in [5, 5.41) is 20.1. The molecule has 0 bridgehead atoms. The molecule has 0 spiro atoms. The lowest BCUT2D eigenvalue weighted by Gasteiger charge is -2.57. The van der Waals surface area contributed by atoms with Crippen LogP contribution in [0.1, 0.15) is 137 Å². The first-order valence-electron chi connectivity index (χ1n) is 18.4. The molecule has 2 N–H and O–H groups in total. The van der Waals surface area contributed by atoms with Crippen LogP contribution in [0.25, 0.3) is 0 Å². The molecule has 0 aliphatic heterocycles. The molecule has 8 aliphatic rings. The third kappa shape index (κ3) is 4.50. The molecule has 8 aliphatic carbocycles. The second-order valence-corrected chi connectivity index (χ2v) is 17.5. The molecule has 0 aromatic rings. The van der Waals surface area contributed by atoms with Crippen LogP contribution in [-0.2, 0) is 4.79 Å². The van der Waals surface area contributed by atoms with Crippen molar-refractivity contribution in [3.63, 3.8) is 0 Å². The SMILES string of the molecule is C/C=C1\CCC2C3CC=C4C[C@@H](O)CC[C@]4(C)C3CC[C@]12C.C[C@]12CC[C@H](O)CC1=CCC1C2CC[C@]2(C)C(=O)CCC12. The number of aliphatic hydroxyl groups is 2. The number of rotatable bonds is 0. The van der Waals surface area contributed by atoms with Crippen molar-refractivity contribution in [1.82, 2.24) is 0 Å². The first-order chi connectivity index (χ1) is 20.4. The molecule has 0 aromatic heterocycles. The van der Waals surface area contributed by atoms with Crippen LogP contribution in [0.15, 0.2) is 34.9 Å². The van der Waals surface area contributed by atoms with E-state index in [1.807, 2.05) is 0 Å². The molecule has 0 radical (unpaired) electrons. The van der Waals surface area contributed by atoms with Crippen molar-refractivity contribution < 1.29 is 15.0 Å². The topological polar surface area (TPSA) is 57.5 Å². The summed E-state index contributed by atoms with van der Waals surface area (Å²) in [6, 6.07) is 0. The molecular weight excluding hydrogens is 528 g/mol. The monoisotopic (exact) mass is 588 g/mol. The van der Waals surface area contributed by atoms with Crippen molar-refractivity contribution in [1.29, 1.82) is 0 Å². The number of carbonyl (C=O) groups is 1. The van der Waals surface area contributed by atoms with Crippen LogP contribution in [0, 0.1) is 57.2 Å². The van der Waals surface area contributed by atoms with E-state index in [0.717, 1.165) is 81.5 Å². The van der Waals surface area contributed by atoms with E-state index in [9.17, 15) is 15.0 Å². The Hall–Kier alpha value is -1.19. The Kier molecular flexibility index (Phi) is 7.57. The van der Waals surface area contributed by atoms with E-state index in [-0.39, 0.29) is 17.6 Å². The van der Waals surface area contributed by atoms with Crippen LogP contribution in [0.2, 0.25) is 0 Å². The minimum Gasteiger partial charge on any atom is -0.393 e. The van der Waals surface area contributed by atoms with Gasteiger partial charge >= 0.3 is 0 Å². The highest BCUT2D eigenvalue weighted by molar-refractivity contribution is 5.87. The Morgan fingerprint density at radius 2 is 1.07 bits per heavy atom. The highest BCUT2D eigenvalue weighted by atomic mass is 16.3. The number of carbonyl (C=O) groups excluding carboxylic acids is 1. The molecule has 8 rings (SSSR count). The molecule has 238 valence electrons. The molecule has 12 atom stereocenters. The van der Waals surface area contributed by atoms with Gasteiger partial charge in [0.1, 0.15) is 5.78 Å². The van der Waals surface area contributed by atoms with Crippen LogP contribution in [-0.4, -0.2) is 28.2 Å². The molecule has 3 nitrogen and oxygen atoms in total. The van der Waals surface area contributed by atoms with Gasteiger partial charge in [0.05, 0.1) is 12.2 Å². The van der Waals surface area contributed by atoms with Crippen molar-refractivity contribution in [3.8, 4) is 0 Å². The van der Waals surface area contributed by atoms with Gasteiger partial charge < -0.3 is 10.2 Å². The summed E-state index contributed by atoms with van der Waals surface area (Å²) < 4.78 is 0. The molecule has 6 unspecified atom stereocenters. The quantitative estimate of drug-likeness (QED) is 0.277. The summed E-state index contributed by atoms with van der Waals surface area (Å²) in [6.45, 7) is 12.0.